The normalized spacial score (nSPS) is 15.4. The Kier molecular flexibility index (Phi) is 4.42. The first-order chi connectivity index (χ1) is 10.5. The van der Waals surface area contributed by atoms with E-state index in [1.54, 1.807) is 12.1 Å². The van der Waals surface area contributed by atoms with Crippen molar-refractivity contribution in [2.45, 2.75) is 16.7 Å². The zero-order valence-corrected chi connectivity index (χ0v) is 13.8. The number of hydrogen-bond acceptors (Lipinski definition) is 5. The van der Waals surface area contributed by atoms with Crippen LogP contribution in [0.3, 0.4) is 0 Å². The molecule has 1 aliphatic heterocycles. The summed E-state index contributed by atoms with van der Waals surface area (Å²) in [4.78, 5) is 0. The number of ether oxygens (including phenoxy) is 1. The Morgan fingerprint density at radius 1 is 1.36 bits per heavy atom. The van der Waals surface area contributed by atoms with Gasteiger partial charge in [0.1, 0.15) is 9.96 Å². The van der Waals surface area contributed by atoms with Crippen molar-refractivity contribution in [3.63, 3.8) is 0 Å². The van der Waals surface area contributed by atoms with Gasteiger partial charge in [0, 0.05) is 13.0 Å². The van der Waals surface area contributed by atoms with Gasteiger partial charge in [-0.1, -0.05) is 17.7 Å². The quantitative estimate of drug-likeness (QED) is 0.859. The van der Waals surface area contributed by atoms with Crippen LogP contribution in [0.1, 0.15) is 17.2 Å². The van der Waals surface area contributed by atoms with E-state index in [1.807, 2.05) is 6.07 Å². The minimum absolute atomic E-state index is 0.0997. The van der Waals surface area contributed by atoms with E-state index in [2.05, 4.69) is 4.72 Å². The molecule has 0 spiro atoms. The molecule has 0 fully saturated rings. The molecule has 5 nitrogen and oxygen atoms in total. The van der Waals surface area contributed by atoms with Gasteiger partial charge < -0.3 is 9.84 Å². The maximum Gasteiger partial charge on any atom is 0.250 e. The van der Waals surface area contributed by atoms with Gasteiger partial charge in [-0.2, -0.15) is 0 Å². The smallest absolute Gasteiger partial charge is 0.250 e. The van der Waals surface area contributed by atoms with Crippen LogP contribution in [0.2, 0.25) is 4.34 Å². The van der Waals surface area contributed by atoms with E-state index < -0.39 is 16.1 Å². The lowest BCUT2D eigenvalue weighted by Gasteiger charge is -2.13. The van der Waals surface area contributed by atoms with Gasteiger partial charge in [0.25, 0.3) is 0 Å². The second kappa shape index (κ2) is 6.17. The maximum absolute atomic E-state index is 12.1. The van der Waals surface area contributed by atoms with E-state index in [0.29, 0.717) is 16.5 Å². The highest BCUT2D eigenvalue weighted by Gasteiger charge is 2.20. The number of aliphatic hydroxyl groups excluding tert-OH is 1. The van der Waals surface area contributed by atoms with Crippen LogP contribution in [-0.4, -0.2) is 26.7 Å². The fourth-order valence-electron chi connectivity index (χ4n) is 2.23. The van der Waals surface area contributed by atoms with Crippen LogP contribution in [0.25, 0.3) is 0 Å². The van der Waals surface area contributed by atoms with Gasteiger partial charge in [0.05, 0.1) is 17.0 Å². The Labute approximate surface area is 137 Å². The SMILES string of the molecule is O=S(=O)(NCC(O)c1ccc2c(c1)CCO2)c1ccc(Cl)s1. The zero-order chi connectivity index (χ0) is 15.7. The molecule has 2 heterocycles. The molecule has 1 aromatic heterocycles. The first-order valence-electron chi connectivity index (χ1n) is 6.64. The van der Waals surface area contributed by atoms with E-state index in [1.165, 1.54) is 12.1 Å². The molecule has 118 valence electrons. The van der Waals surface area contributed by atoms with Gasteiger partial charge in [-0.15, -0.1) is 11.3 Å². The van der Waals surface area contributed by atoms with Crippen molar-refractivity contribution in [3.05, 3.63) is 45.8 Å². The van der Waals surface area contributed by atoms with Crippen LogP contribution in [0.15, 0.2) is 34.5 Å². The number of halogens is 1. The highest BCUT2D eigenvalue weighted by Crippen LogP contribution is 2.29. The third-order valence-electron chi connectivity index (χ3n) is 3.38. The van der Waals surface area contributed by atoms with Gasteiger partial charge in [0.15, 0.2) is 0 Å². The lowest BCUT2D eigenvalue weighted by atomic mass is 10.0. The Morgan fingerprint density at radius 2 is 2.18 bits per heavy atom. The molecule has 0 saturated heterocycles. The van der Waals surface area contributed by atoms with Gasteiger partial charge >= 0.3 is 0 Å². The number of hydrogen-bond donors (Lipinski definition) is 2. The van der Waals surface area contributed by atoms with Crippen molar-refractivity contribution < 1.29 is 18.3 Å². The minimum Gasteiger partial charge on any atom is -0.493 e. The lowest BCUT2D eigenvalue weighted by molar-refractivity contribution is 0.182. The number of thiophene rings is 1. The Morgan fingerprint density at radius 3 is 2.91 bits per heavy atom. The van der Waals surface area contributed by atoms with E-state index in [-0.39, 0.29) is 10.8 Å². The van der Waals surface area contributed by atoms with Crippen molar-refractivity contribution >= 4 is 33.0 Å². The fraction of sp³-hybridized carbons (Fsp3) is 0.286. The molecular formula is C14H14ClNO4S2. The number of nitrogens with one attached hydrogen (secondary N) is 1. The largest absolute Gasteiger partial charge is 0.493 e. The summed E-state index contributed by atoms with van der Waals surface area (Å²) in [6.45, 7) is 0.540. The second-order valence-corrected chi connectivity index (χ2v) is 8.60. The molecule has 22 heavy (non-hydrogen) atoms. The summed E-state index contributed by atoms with van der Waals surface area (Å²) in [5.74, 6) is 0.824. The Balaban J connectivity index is 1.68. The molecule has 8 heteroatoms. The summed E-state index contributed by atoms with van der Waals surface area (Å²) >= 11 is 6.72. The summed E-state index contributed by atoms with van der Waals surface area (Å²) in [5, 5.41) is 10.2. The van der Waals surface area contributed by atoms with E-state index in [9.17, 15) is 13.5 Å². The summed E-state index contributed by atoms with van der Waals surface area (Å²) in [6, 6.07) is 8.36. The van der Waals surface area contributed by atoms with Crippen LogP contribution in [0.5, 0.6) is 5.75 Å². The molecule has 1 aliphatic rings. The number of fused-ring (bicyclic) bond motifs is 1. The molecule has 0 radical (unpaired) electrons. The number of benzene rings is 1. The van der Waals surface area contributed by atoms with Crippen LogP contribution < -0.4 is 9.46 Å². The molecule has 0 bridgehead atoms. The van der Waals surface area contributed by atoms with E-state index in [4.69, 9.17) is 16.3 Å². The highest BCUT2D eigenvalue weighted by atomic mass is 35.5. The lowest BCUT2D eigenvalue weighted by Crippen LogP contribution is -2.28. The third kappa shape index (κ3) is 3.28. The molecule has 2 aromatic rings. The molecule has 0 saturated carbocycles. The topological polar surface area (TPSA) is 75.6 Å². The van der Waals surface area contributed by atoms with Crippen molar-refractivity contribution in [1.82, 2.24) is 4.72 Å². The second-order valence-electron chi connectivity index (χ2n) is 4.89. The van der Waals surface area contributed by atoms with Crippen molar-refractivity contribution in [2.24, 2.45) is 0 Å². The van der Waals surface area contributed by atoms with Gasteiger partial charge in [-0.25, -0.2) is 13.1 Å². The summed E-state index contributed by atoms with van der Waals surface area (Å²) < 4.78 is 32.5. The molecule has 1 atom stereocenters. The average molecular weight is 360 g/mol. The van der Waals surface area contributed by atoms with Crippen molar-refractivity contribution in [3.8, 4) is 5.75 Å². The minimum atomic E-state index is -3.65. The third-order valence-corrected chi connectivity index (χ3v) is 6.52. The highest BCUT2D eigenvalue weighted by molar-refractivity contribution is 7.91. The maximum atomic E-state index is 12.1. The fourth-order valence-corrected chi connectivity index (χ4v) is 4.80. The number of aliphatic hydroxyl groups is 1. The van der Waals surface area contributed by atoms with Gasteiger partial charge in [-0.3, -0.25) is 0 Å². The average Bonchev–Trinajstić information content (AvgIpc) is 3.12. The molecule has 0 amide bonds. The van der Waals surface area contributed by atoms with E-state index >= 15 is 0 Å². The van der Waals surface area contributed by atoms with Crippen molar-refractivity contribution in [1.29, 1.82) is 0 Å². The van der Waals surface area contributed by atoms with Crippen LogP contribution in [0, 0.1) is 0 Å². The predicted octanol–water partition coefficient (Wildman–Crippen LogP) is 2.35. The molecule has 1 aromatic carbocycles. The molecule has 1 unspecified atom stereocenters. The first kappa shape index (κ1) is 15.8. The van der Waals surface area contributed by atoms with Crippen LogP contribution in [0.4, 0.5) is 0 Å². The molecule has 0 aliphatic carbocycles. The zero-order valence-electron chi connectivity index (χ0n) is 11.5. The molecular weight excluding hydrogens is 346 g/mol. The summed E-state index contributed by atoms with van der Waals surface area (Å²) in [7, 11) is -3.65. The monoisotopic (exact) mass is 359 g/mol. The Hall–Kier alpha value is -1.12. The van der Waals surface area contributed by atoms with Gasteiger partial charge in [-0.05, 0) is 35.4 Å². The van der Waals surface area contributed by atoms with Gasteiger partial charge in [0.2, 0.25) is 10.0 Å². The standard InChI is InChI=1S/C14H14ClNO4S2/c15-13-3-4-14(21-13)22(18,19)16-8-11(17)9-1-2-12-10(7-9)5-6-20-12/h1-4,7,11,16-17H,5-6,8H2. The number of rotatable bonds is 5. The summed E-state index contributed by atoms with van der Waals surface area (Å²) in [5.41, 5.74) is 1.70. The predicted molar refractivity (Wildman–Crippen MR) is 85.1 cm³/mol. The van der Waals surface area contributed by atoms with Crippen LogP contribution in [-0.2, 0) is 16.4 Å². The Bertz CT molecular complexity index is 788. The molecule has 3 rings (SSSR count). The molecule has 2 N–H and O–H groups in total. The van der Waals surface area contributed by atoms with Crippen LogP contribution >= 0.6 is 22.9 Å². The summed E-state index contributed by atoms with van der Waals surface area (Å²) in [6.07, 6.45) is -0.119. The number of sulfonamides is 1. The first-order valence-corrected chi connectivity index (χ1v) is 9.32. The van der Waals surface area contributed by atoms with Crippen molar-refractivity contribution in [2.75, 3.05) is 13.2 Å². The van der Waals surface area contributed by atoms with E-state index in [0.717, 1.165) is 29.1 Å².